The summed E-state index contributed by atoms with van der Waals surface area (Å²) in [5, 5.41) is 0.355. The average Bonchev–Trinajstić information content (AvgIpc) is 2.72. The van der Waals surface area contributed by atoms with Crippen LogP contribution >= 0.6 is 0 Å². The van der Waals surface area contributed by atoms with Crippen molar-refractivity contribution < 1.29 is 9.13 Å². The molecule has 0 spiro atoms. The number of rotatable bonds is 4. The van der Waals surface area contributed by atoms with Gasteiger partial charge in [0.25, 0.3) is 5.56 Å². The van der Waals surface area contributed by atoms with Gasteiger partial charge in [-0.15, -0.1) is 0 Å². The molecule has 4 rings (SSSR count). The first kappa shape index (κ1) is 19.6. The van der Waals surface area contributed by atoms with Crippen molar-refractivity contribution >= 4 is 11.0 Å². The first-order chi connectivity index (χ1) is 14.4. The van der Waals surface area contributed by atoms with Crippen LogP contribution in [0.3, 0.4) is 0 Å². The molecule has 152 valence electrons. The van der Waals surface area contributed by atoms with E-state index in [9.17, 15) is 14.0 Å². The number of ether oxygens (including phenoxy) is 1. The van der Waals surface area contributed by atoms with Gasteiger partial charge in [0.05, 0.1) is 24.7 Å². The Bertz CT molecular complexity index is 1370. The molecule has 0 fully saturated rings. The zero-order valence-electron chi connectivity index (χ0n) is 16.8. The molecule has 0 aliphatic rings. The van der Waals surface area contributed by atoms with Crippen LogP contribution in [0.2, 0.25) is 0 Å². The first-order valence-electron chi connectivity index (χ1n) is 9.42. The summed E-state index contributed by atoms with van der Waals surface area (Å²) in [6.45, 7) is 3.64. The standard InChI is InChI=1S/C23H20FN3O3/c1-14-12-15(2)25-21-20(14)22(28)26(13-16-8-10-17(24)11-9-16)23(29)27(21)18-6-4-5-7-19(18)30-3/h4-12H,13H2,1-3H3. The van der Waals surface area contributed by atoms with Gasteiger partial charge >= 0.3 is 5.69 Å². The van der Waals surface area contributed by atoms with Gasteiger partial charge < -0.3 is 4.74 Å². The SMILES string of the molecule is COc1ccccc1-n1c(=O)n(Cc2ccc(F)cc2)c(=O)c2c(C)cc(C)nc21. The van der Waals surface area contributed by atoms with Crippen LogP contribution in [-0.4, -0.2) is 21.2 Å². The minimum absolute atomic E-state index is 0.0103. The largest absolute Gasteiger partial charge is 0.495 e. The van der Waals surface area contributed by atoms with Crippen LogP contribution in [0.5, 0.6) is 5.75 Å². The molecule has 0 aliphatic heterocycles. The second-order valence-electron chi connectivity index (χ2n) is 7.09. The molecule has 4 aromatic rings. The highest BCUT2D eigenvalue weighted by Gasteiger charge is 2.20. The lowest BCUT2D eigenvalue weighted by atomic mass is 10.1. The molecule has 2 heterocycles. The van der Waals surface area contributed by atoms with Crippen LogP contribution in [0.1, 0.15) is 16.8 Å². The van der Waals surface area contributed by atoms with Crippen molar-refractivity contribution in [3.05, 3.63) is 98.1 Å². The van der Waals surface area contributed by atoms with E-state index in [0.717, 1.165) is 10.1 Å². The van der Waals surface area contributed by atoms with Crippen LogP contribution < -0.4 is 16.0 Å². The summed E-state index contributed by atoms with van der Waals surface area (Å²) in [5.41, 5.74) is 1.84. The zero-order valence-corrected chi connectivity index (χ0v) is 16.8. The van der Waals surface area contributed by atoms with Crippen LogP contribution in [0, 0.1) is 19.7 Å². The molecule has 0 amide bonds. The number of fused-ring (bicyclic) bond motifs is 1. The van der Waals surface area contributed by atoms with Crippen molar-refractivity contribution in [2.45, 2.75) is 20.4 Å². The number of halogens is 1. The smallest absolute Gasteiger partial charge is 0.337 e. The van der Waals surface area contributed by atoms with Gasteiger partial charge in [-0.1, -0.05) is 24.3 Å². The molecule has 0 N–H and O–H groups in total. The number of nitrogens with zero attached hydrogens (tertiary/aromatic N) is 3. The van der Waals surface area contributed by atoms with E-state index < -0.39 is 11.2 Å². The van der Waals surface area contributed by atoms with Gasteiger partial charge in [0.1, 0.15) is 11.6 Å². The van der Waals surface area contributed by atoms with E-state index >= 15 is 0 Å². The van der Waals surface area contributed by atoms with Gasteiger partial charge in [-0.25, -0.2) is 18.7 Å². The fourth-order valence-corrected chi connectivity index (χ4v) is 3.62. The summed E-state index contributed by atoms with van der Waals surface area (Å²) in [5.74, 6) is 0.0976. The Kier molecular flexibility index (Phi) is 4.95. The van der Waals surface area contributed by atoms with Gasteiger partial charge in [-0.3, -0.25) is 9.36 Å². The number of aromatic nitrogens is 3. The maximum Gasteiger partial charge on any atom is 0.337 e. The molecule has 6 nitrogen and oxygen atoms in total. The number of aryl methyl sites for hydroxylation is 2. The molecule has 0 unspecified atom stereocenters. The topological polar surface area (TPSA) is 66.1 Å². The fourth-order valence-electron chi connectivity index (χ4n) is 3.62. The molecule has 0 saturated heterocycles. The lowest BCUT2D eigenvalue weighted by Gasteiger charge is -2.17. The van der Waals surface area contributed by atoms with E-state index in [1.807, 2.05) is 19.9 Å². The van der Waals surface area contributed by atoms with E-state index in [1.165, 1.54) is 23.8 Å². The Morgan fingerprint density at radius 2 is 1.73 bits per heavy atom. The third-order valence-electron chi connectivity index (χ3n) is 5.00. The Hall–Kier alpha value is -3.74. The third kappa shape index (κ3) is 3.28. The Labute approximate surface area is 171 Å². The highest BCUT2D eigenvalue weighted by atomic mass is 19.1. The van der Waals surface area contributed by atoms with E-state index in [0.29, 0.717) is 28.1 Å². The summed E-state index contributed by atoms with van der Waals surface area (Å²) in [6, 6.07) is 14.6. The predicted octanol–water partition coefficient (Wildman–Crippen LogP) is 3.36. The van der Waals surface area contributed by atoms with Crippen molar-refractivity contribution in [2.24, 2.45) is 0 Å². The third-order valence-corrected chi connectivity index (χ3v) is 5.00. The Morgan fingerprint density at radius 1 is 1.03 bits per heavy atom. The van der Waals surface area contributed by atoms with Gasteiger partial charge in [-0.2, -0.15) is 0 Å². The van der Waals surface area contributed by atoms with Crippen LogP contribution in [0.25, 0.3) is 16.7 Å². The summed E-state index contributed by atoms with van der Waals surface area (Å²) < 4.78 is 21.3. The summed E-state index contributed by atoms with van der Waals surface area (Å²) >= 11 is 0. The normalized spacial score (nSPS) is 11.1. The lowest BCUT2D eigenvalue weighted by Crippen LogP contribution is -2.40. The Morgan fingerprint density at radius 3 is 2.43 bits per heavy atom. The molecule has 30 heavy (non-hydrogen) atoms. The van der Waals surface area contributed by atoms with Gasteiger partial charge in [0.15, 0.2) is 5.65 Å². The van der Waals surface area contributed by atoms with Crippen molar-refractivity contribution in [3.8, 4) is 11.4 Å². The Balaban J connectivity index is 2.10. The molecule has 2 aromatic carbocycles. The average molecular weight is 405 g/mol. The number of benzene rings is 2. The highest BCUT2D eigenvalue weighted by molar-refractivity contribution is 5.80. The first-order valence-corrected chi connectivity index (χ1v) is 9.42. The van der Waals surface area contributed by atoms with Crippen LogP contribution in [0.4, 0.5) is 4.39 Å². The molecule has 0 radical (unpaired) electrons. The number of hydrogen-bond acceptors (Lipinski definition) is 4. The molecule has 0 bridgehead atoms. The predicted molar refractivity (Wildman–Crippen MR) is 113 cm³/mol. The van der Waals surface area contributed by atoms with Crippen LogP contribution in [0.15, 0.2) is 64.2 Å². The van der Waals surface area contributed by atoms with Crippen LogP contribution in [-0.2, 0) is 6.54 Å². The molecule has 0 saturated carbocycles. The number of methoxy groups -OCH3 is 1. The number of pyridine rings is 1. The fraction of sp³-hybridized carbons (Fsp3) is 0.174. The van der Waals surface area contributed by atoms with E-state index in [2.05, 4.69) is 4.98 Å². The number of para-hydroxylation sites is 2. The van der Waals surface area contributed by atoms with Crippen molar-refractivity contribution in [3.63, 3.8) is 0 Å². The molecule has 7 heteroatoms. The van der Waals surface area contributed by atoms with Crippen molar-refractivity contribution in [1.29, 1.82) is 0 Å². The van der Waals surface area contributed by atoms with Crippen molar-refractivity contribution in [2.75, 3.05) is 7.11 Å². The monoisotopic (exact) mass is 405 g/mol. The summed E-state index contributed by atoms with van der Waals surface area (Å²) in [4.78, 5) is 31.3. The maximum atomic E-state index is 13.5. The second kappa shape index (κ2) is 7.59. The summed E-state index contributed by atoms with van der Waals surface area (Å²) in [7, 11) is 1.52. The van der Waals surface area contributed by atoms with Gasteiger partial charge in [0.2, 0.25) is 0 Å². The maximum absolute atomic E-state index is 13.5. The lowest BCUT2D eigenvalue weighted by molar-refractivity contribution is 0.412. The minimum atomic E-state index is -0.543. The van der Waals surface area contributed by atoms with Gasteiger partial charge in [0, 0.05) is 5.69 Å². The van der Waals surface area contributed by atoms with Crippen molar-refractivity contribution in [1.82, 2.24) is 14.1 Å². The molecular formula is C23H20FN3O3. The number of hydrogen-bond donors (Lipinski definition) is 0. The van der Waals surface area contributed by atoms with E-state index in [-0.39, 0.29) is 18.0 Å². The quantitative estimate of drug-likeness (QED) is 0.522. The molecule has 0 atom stereocenters. The van der Waals surface area contributed by atoms with E-state index in [1.54, 1.807) is 36.4 Å². The minimum Gasteiger partial charge on any atom is -0.495 e. The second-order valence-corrected chi connectivity index (χ2v) is 7.09. The molecule has 2 aromatic heterocycles. The molecule has 0 aliphatic carbocycles. The van der Waals surface area contributed by atoms with E-state index in [4.69, 9.17) is 4.74 Å². The summed E-state index contributed by atoms with van der Waals surface area (Å²) in [6.07, 6.45) is 0. The molecular weight excluding hydrogens is 385 g/mol. The highest BCUT2D eigenvalue weighted by Crippen LogP contribution is 2.24. The van der Waals surface area contributed by atoms with Gasteiger partial charge in [-0.05, 0) is 55.3 Å². The zero-order chi connectivity index (χ0) is 21.4.